The van der Waals surface area contributed by atoms with Gasteiger partial charge in [0.15, 0.2) is 11.6 Å². The number of nitrogens with two attached hydrogens (primary N) is 1. The van der Waals surface area contributed by atoms with Gasteiger partial charge in [-0.3, -0.25) is 24.1 Å². The molecule has 2 fully saturated rings. The van der Waals surface area contributed by atoms with E-state index >= 15 is 0 Å². The third-order valence-electron chi connectivity index (χ3n) is 4.53. The Morgan fingerprint density at radius 3 is 2.40 bits per heavy atom. The highest BCUT2D eigenvalue weighted by Crippen LogP contribution is 2.45. The van der Waals surface area contributed by atoms with Crippen LogP contribution < -0.4 is 5.73 Å². The van der Waals surface area contributed by atoms with E-state index in [9.17, 15) is 29.1 Å². The summed E-state index contributed by atoms with van der Waals surface area (Å²) in [6, 6.07) is -0.844. The van der Waals surface area contributed by atoms with Crippen molar-refractivity contribution in [2.45, 2.75) is 43.2 Å². The maximum Gasteiger partial charge on any atom is 0.352 e. The summed E-state index contributed by atoms with van der Waals surface area (Å²) in [5, 5.41) is 9.04. The number of esters is 1. The summed E-state index contributed by atoms with van der Waals surface area (Å²) in [6.45, 7) is 1.04. The zero-order valence-electron chi connectivity index (χ0n) is 13.3. The zero-order valence-corrected chi connectivity index (χ0v) is 14.1. The normalized spacial score (nSPS) is 28.4. The molecule has 1 saturated carbocycles. The molecule has 2 heterocycles. The van der Waals surface area contributed by atoms with Crippen LogP contribution in [0.15, 0.2) is 11.3 Å². The number of hydrogen-bond acceptors (Lipinski definition) is 8. The average molecular weight is 368 g/mol. The van der Waals surface area contributed by atoms with E-state index in [2.05, 4.69) is 0 Å². The minimum atomic E-state index is -2.27. The lowest BCUT2D eigenvalue weighted by molar-refractivity contribution is -0.170. The van der Waals surface area contributed by atoms with Gasteiger partial charge in [-0.2, -0.15) is 0 Å². The molecule has 3 rings (SSSR count). The summed E-state index contributed by atoms with van der Waals surface area (Å²) >= 11 is 1.14. The second-order valence-electron chi connectivity index (χ2n) is 6.04. The van der Waals surface area contributed by atoms with Crippen LogP contribution in [0.2, 0.25) is 0 Å². The van der Waals surface area contributed by atoms with Gasteiger partial charge in [-0.25, -0.2) is 4.79 Å². The molecule has 0 aromatic rings. The number of carboxylic acid groups (broad SMARTS) is 1. The van der Waals surface area contributed by atoms with Crippen molar-refractivity contribution in [2.24, 2.45) is 5.73 Å². The molecule has 2 atom stereocenters. The lowest BCUT2D eigenvalue weighted by atomic mass is 9.76. The van der Waals surface area contributed by atoms with Crippen LogP contribution >= 0.6 is 11.8 Å². The second-order valence-corrected chi connectivity index (χ2v) is 7.15. The number of carbonyl (C=O) groups is 5. The molecule has 1 aliphatic carbocycles. The second kappa shape index (κ2) is 5.95. The number of fused-ring (bicyclic) bond motifs is 1. The molecule has 2 aliphatic heterocycles. The van der Waals surface area contributed by atoms with E-state index in [0.29, 0.717) is 6.42 Å². The van der Waals surface area contributed by atoms with Crippen molar-refractivity contribution in [3.05, 3.63) is 11.3 Å². The summed E-state index contributed by atoms with van der Waals surface area (Å²) in [7, 11) is 0. The van der Waals surface area contributed by atoms with Gasteiger partial charge >= 0.3 is 11.9 Å². The van der Waals surface area contributed by atoms with Crippen LogP contribution in [0.1, 0.15) is 26.2 Å². The van der Waals surface area contributed by atoms with E-state index in [4.69, 9.17) is 10.5 Å². The molecule has 10 heteroatoms. The van der Waals surface area contributed by atoms with Crippen LogP contribution in [0.5, 0.6) is 0 Å². The zero-order chi connectivity index (χ0) is 18.5. The van der Waals surface area contributed by atoms with Gasteiger partial charge in [0.25, 0.3) is 5.60 Å². The highest BCUT2D eigenvalue weighted by Gasteiger charge is 2.60. The van der Waals surface area contributed by atoms with Crippen molar-refractivity contribution in [1.82, 2.24) is 4.90 Å². The number of β-lactam (4-membered cyclic amide) rings is 1. The maximum atomic E-state index is 12.6. The van der Waals surface area contributed by atoms with Crippen LogP contribution in [0.4, 0.5) is 0 Å². The fraction of sp³-hybridized carbons (Fsp3) is 0.533. The molecular formula is C15H16N2O7S. The van der Waals surface area contributed by atoms with Crippen LogP contribution in [0, 0.1) is 0 Å². The molecule has 0 radical (unpaired) electrons. The number of carboxylic acids is 1. The van der Waals surface area contributed by atoms with E-state index in [-0.39, 0.29) is 24.2 Å². The third-order valence-corrected chi connectivity index (χ3v) is 5.83. The van der Waals surface area contributed by atoms with Gasteiger partial charge in [-0.05, 0) is 6.42 Å². The predicted molar refractivity (Wildman–Crippen MR) is 84.1 cm³/mol. The van der Waals surface area contributed by atoms with Crippen molar-refractivity contribution in [3.63, 3.8) is 0 Å². The minimum Gasteiger partial charge on any atom is -0.477 e. The Morgan fingerprint density at radius 1 is 1.28 bits per heavy atom. The van der Waals surface area contributed by atoms with Crippen LogP contribution in [-0.4, -0.2) is 62.2 Å². The first-order valence-electron chi connectivity index (χ1n) is 7.65. The first kappa shape index (κ1) is 17.6. The van der Waals surface area contributed by atoms with Crippen LogP contribution in [-0.2, 0) is 28.7 Å². The molecule has 9 nitrogen and oxygen atoms in total. The summed E-state index contributed by atoms with van der Waals surface area (Å²) < 4.78 is 5.15. The van der Waals surface area contributed by atoms with Crippen LogP contribution in [0.25, 0.3) is 0 Å². The van der Waals surface area contributed by atoms with Crippen molar-refractivity contribution < 1.29 is 33.8 Å². The first-order valence-corrected chi connectivity index (χ1v) is 8.70. The Morgan fingerprint density at radius 2 is 1.88 bits per heavy atom. The minimum absolute atomic E-state index is 0.0169. The number of rotatable bonds is 3. The Kier molecular flexibility index (Phi) is 4.20. The van der Waals surface area contributed by atoms with Crippen molar-refractivity contribution in [1.29, 1.82) is 0 Å². The molecule has 0 spiro atoms. The van der Waals surface area contributed by atoms with Gasteiger partial charge in [0.1, 0.15) is 17.1 Å². The number of thioether (sulfide) groups is 1. The van der Waals surface area contributed by atoms with Crippen molar-refractivity contribution in [3.8, 4) is 0 Å². The number of hydrogen-bond donors (Lipinski definition) is 2. The van der Waals surface area contributed by atoms with E-state index in [0.717, 1.165) is 23.6 Å². The van der Waals surface area contributed by atoms with Gasteiger partial charge in [-0.15, -0.1) is 11.8 Å². The average Bonchev–Trinajstić information content (AvgIpc) is 2.56. The number of carbonyl (C=O) groups excluding carboxylic acids is 4. The summed E-state index contributed by atoms with van der Waals surface area (Å²) in [5.74, 6) is -4.33. The smallest absolute Gasteiger partial charge is 0.352 e. The van der Waals surface area contributed by atoms with E-state index in [1.54, 1.807) is 0 Å². The quantitative estimate of drug-likeness (QED) is 0.371. The fourth-order valence-electron chi connectivity index (χ4n) is 3.43. The summed E-state index contributed by atoms with van der Waals surface area (Å²) in [5.41, 5.74) is 2.77. The topological polar surface area (TPSA) is 144 Å². The van der Waals surface area contributed by atoms with Crippen molar-refractivity contribution >= 4 is 41.2 Å². The molecule has 0 aromatic carbocycles. The number of aliphatic carboxylic acids is 1. The predicted octanol–water partition coefficient (Wildman–Crippen LogP) is -0.808. The molecule has 3 aliphatic rings. The molecule has 3 N–H and O–H groups in total. The molecule has 0 bridgehead atoms. The van der Waals surface area contributed by atoms with Gasteiger partial charge < -0.3 is 15.6 Å². The third kappa shape index (κ3) is 2.39. The molecule has 1 saturated heterocycles. The molecule has 0 unspecified atom stereocenters. The lowest BCUT2D eigenvalue weighted by Gasteiger charge is -2.50. The Bertz CT molecular complexity index is 728. The van der Waals surface area contributed by atoms with Gasteiger partial charge in [-0.1, -0.05) is 0 Å². The lowest BCUT2D eigenvalue weighted by Crippen LogP contribution is -2.70. The first-order chi connectivity index (χ1) is 11.7. The van der Waals surface area contributed by atoms with Gasteiger partial charge in [0, 0.05) is 31.1 Å². The monoisotopic (exact) mass is 368 g/mol. The van der Waals surface area contributed by atoms with Gasteiger partial charge in [0.2, 0.25) is 5.91 Å². The largest absolute Gasteiger partial charge is 0.477 e. The number of ketones is 2. The molecular weight excluding hydrogens is 352 g/mol. The highest BCUT2D eigenvalue weighted by atomic mass is 32.2. The van der Waals surface area contributed by atoms with E-state index < -0.39 is 52.1 Å². The molecule has 134 valence electrons. The summed E-state index contributed by atoms with van der Waals surface area (Å²) in [6.07, 6.45) is 0.271. The van der Waals surface area contributed by atoms with E-state index in [1.807, 2.05) is 0 Å². The standard InChI is InChI=1S/C15H16N2O7S/c1-6(18)24-15(8(19)3-2-4-9(15)20)7-5-25-13-10(16)12(21)17(13)11(7)14(22)23/h10,13H,2-5,16H2,1H3,(H,22,23)/t10-,13-/m1/s1. The highest BCUT2D eigenvalue weighted by molar-refractivity contribution is 8.00. The van der Waals surface area contributed by atoms with Crippen LogP contribution in [0.3, 0.4) is 0 Å². The SMILES string of the molecule is CC(=O)OC1(C2=C(C(=O)O)N3C(=O)[C@@H](N)[C@H]3SC2)C(=O)CCCC1=O. The Labute approximate surface area is 146 Å². The number of nitrogens with zero attached hydrogens (tertiary/aromatic N) is 1. The maximum absolute atomic E-state index is 12.6. The molecule has 0 aromatic heterocycles. The number of Topliss-reactive ketones (excluding diaryl/α,β-unsaturated/α-hetero) is 2. The Hall–Kier alpha value is -2.20. The Balaban J connectivity index is 2.21. The van der Waals surface area contributed by atoms with Gasteiger partial charge in [0.05, 0.1) is 0 Å². The molecule has 25 heavy (non-hydrogen) atoms. The number of amides is 1. The molecule has 1 amide bonds. The summed E-state index contributed by atoms with van der Waals surface area (Å²) in [4.78, 5) is 61.7. The van der Waals surface area contributed by atoms with Crippen molar-refractivity contribution in [2.75, 3.05) is 5.75 Å². The van der Waals surface area contributed by atoms with E-state index in [1.165, 1.54) is 0 Å². The fourth-order valence-corrected chi connectivity index (χ4v) is 4.79. The number of ether oxygens (including phenoxy) is 1.